The summed E-state index contributed by atoms with van der Waals surface area (Å²) < 4.78 is 7.70. The van der Waals surface area contributed by atoms with Crippen LogP contribution in [-0.4, -0.2) is 45.1 Å². The van der Waals surface area contributed by atoms with E-state index in [1.807, 2.05) is 42.1 Å². The van der Waals surface area contributed by atoms with Gasteiger partial charge in [-0.3, -0.25) is 9.58 Å². The van der Waals surface area contributed by atoms with Crippen molar-refractivity contribution in [2.75, 3.05) is 19.7 Å². The van der Waals surface area contributed by atoms with E-state index in [0.29, 0.717) is 13.2 Å². The normalized spacial score (nSPS) is 21.7. The molecule has 1 aliphatic heterocycles. The van der Waals surface area contributed by atoms with E-state index in [0.717, 1.165) is 31.8 Å². The number of β-amino-alcohol motifs (C(OH)–C–C–N with tert-alkyl or cyclic N) is 1. The average Bonchev–Trinajstić information content (AvgIpc) is 3.14. The zero-order valence-corrected chi connectivity index (χ0v) is 13.9. The van der Waals surface area contributed by atoms with Crippen LogP contribution in [0.25, 0.3) is 0 Å². The maximum atomic E-state index is 10.7. The summed E-state index contributed by atoms with van der Waals surface area (Å²) >= 11 is 0. The standard InChI is InChI=1S/C18H25N3O2/c1-3-21-12-16(10-19-21)11-20-9-8-18(22,13-20)14-23-17-6-4-15(2)5-7-17/h4-7,10,12,22H,3,8-9,11,13-14H2,1-2H3/t18-/m1/s1. The van der Waals surface area contributed by atoms with Gasteiger partial charge >= 0.3 is 0 Å². The van der Waals surface area contributed by atoms with E-state index in [1.165, 1.54) is 11.1 Å². The summed E-state index contributed by atoms with van der Waals surface area (Å²) in [6.07, 6.45) is 4.71. The maximum Gasteiger partial charge on any atom is 0.119 e. The van der Waals surface area contributed by atoms with Crippen LogP contribution >= 0.6 is 0 Å². The molecular formula is C18H25N3O2. The molecule has 0 unspecified atom stereocenters. The highest BCUT2D eigenvalue weighted by molar-refractivity contribution is 5.26. The fraction of sp³-hybridized carbons (Fsp3) is 0.500. The van der Waals surface area contributed by atoms with Crippen molar-refractivity contribution in [1.82, 2.24) is 14.7 Å². The Bertz CT molecular complexity index is 638. The minimum absolute atomic E-state index is 0.334. The van der Waals surface area contributed by atoms with Crippen molar-refractivity contribution in [2.45, 2.75) is 39.0 Å². The van der Waals surface area contributed by atoms with Gasteiger partial charge in [-0.15, -0.1) is 0 Å². The smallest absolute Gasteiger partial charge is 0.119 e. The summed E-state index contributed by atoms with van der Waals surface area (Å²) in [5, 5.41) is 15.0. The molecular weight excluding hydrogens is 290 g/mol. The SMILES string of the molecule is CCn1cc(CN2CC[C@](O)(COc3ccc(C)cc3)C2)cn1. The van der Waals surface area contributed by atoms with E-state index in [1.54, 1.807) is 0 Å². The van der Waals surface area contributed by atoms with E-state index < -0.39 is 5.60 Å². The highest BCUT2D eigenvalue weighted by atomic mass is 16.5. The van der Waals surface area contributed by atoms with Gasteiger partial charge in [0, 0.05) is 37.9 Å². The summed E-state index contributed by atoms with van der Waals surface area (Å²) in [6, 6.07) is 7.94. The number of aliphatic hydroxyl groups is 1. The van der Waals surface area contributed by atoms with Gasteiger partial charge in [0.25, 0.3) is 0 Å². The molecule has 0 bridgehead atoms. The van der Waals surface area contributed by atoms with Crippen molar-refractivity contribution in [3.8, 4) is 5.75 Å². The van der Waals surface area contributed by atoms with Gasteiger partial charge in [0.05, 0.1) is 6.20 Å². The number of rotatable bonds is 6. The van der Waals surface area contributed by atoms with Crippen LogP contribution in [0.3, 0.4) is 0 Å². The molecule has 0 saturated carbocycles. The molecule has 1 N–H and O–H groups in total. The topological polar surface area (TPSA) is 50.5 Å². The molecule has 2 heterocycles. The third-order valence-corrected chi connectivity index (χ3v) is 4.36. The lowest BCUT2D eigenvalue weighted by atomic mass is 10.1. The van der Waals surface area contributed by atoms with Gasteiger partial charge < -0.3 is 9.84 Å². The molecule has 0 radical (unpaired) electrons. The van der Waals surface area contributed by atoms with Crippen molar-refractivity contribution in [2.24, 2.45) is 0 Å². The van der Waals surface area contributed by atoms with Crippen LogP contribution in [0.5, 0.6) is 5.75 Å². The average molecular weight is 315 g/mol. The molecule has 0 spiro atoms. The number of hydrogen-bond acceptors (Lipinski definition) is 4. The molecule has 1 saturated heterocycles. The summed E-state index contributed by atoms with van der Waals surface area (Å²) in [5.41, 5.74) is 1.62. The van der Waals surface area contributed by atoms with E-state index >= 15 is 0 Å². The second-order valence-corrected chi connectivity index (χ2v) is 6.49. The Morgan fingerprint density at radius 1 is 1.30 bits per heavy atom. The quantitative estimate of drug-likeness (QED) is 0.888. The number of nitrogens with zero attached hydrogens (tertiary/aromatic N) is 3. The van der Waals surface area contributed by atoms with Crippen molar-refractivity contribution < 1.29 is 9.84 Å². The van der Waals surface area contributed by atoms with E-state index in [4.69, 9.17) is 4.74 Å². The molecule has 1 aliphatic rings. The van der Waals surface area contributed by atoms with E-state index in [-0.39, 0.29) is 0 Å². The van der Waals surface area contributed by atoms with Crippen LogP contribution in [0.1, 0.15) is 24.5 Å². The van der Waals surface area contributed by atoms with Gasteiger partial charge in [-0.25, -0.2) is 0 Å². The molecule has 2 aromatic rings. The number of aromatic nitrogens is 2. The second kappa shape index (κ2) is 6.72. The first-order valence-corrected chi connectivity index (χ1v) is 8.22. The highest BCUT2D eigenvalue weighted by Crippen LogP contribution is 2.24. The van der Waals surface area contributed by atoms with Crippen LogP contribution in [0.4, 0.5) is 0 Å². The first-order valence-electron chi connectivity index (χ1n) is 8.22. The lowest BCUT2D eigenvalue weighted by Gasteiger charge is -2.23. The summed E-state index contributed by atoms with van der Waals surface area (Å²) in [5.74, 6) is 0.812. The van der Waals surface area contributed by atoms with Gasteiger partial charge in [-0.1, -0.05) is 17.7 Å². The lowest BCUT2D eigenvalue weighted by molar-refractivity contribution is 0.00338. The molecule has 124 valence electrons. The molecule has 0 amide bonds. The molecule has 1 aromatic carbocycles. The Balaban J connectivity index is 1.51. The maximum absolute atomic E-state index is 10.7. The second-order valence-electron chi connectivity index (χ2n) is 6.49. The van der Waals surface area contributed by atoms with Crippen LogP contribution in [0.15, 0.2) is 36.7 Å². The molecule has 5 heteroatoms. The predicted octanol–water partition coefficient (Wildman–Crippen LogP) is 2.23. The molecule has 23 heavy (non-hydrogen) atoms. The first kappa shape index (κ1) is 16.0. The monoisotopic (exact) mass is 315 g/mol. The Morgan fingerprint density at radius 3 is 2.78 bits per heavy atom. The Hall–Kier alpha value is -1.85. The number of hydrogen-bond donors (Lipinski definition) is 1. The molecule has 0 aliphatic carbocycles. The van der Waals surface area contributed by atoms with Crippen LogP contribution in [0.2, 0.25) is 0 Å². The Morgan fingerprint density at radius 2 is 2.09 bits per heavy atom. The van der Waals surface area contributed by atoms with Crippen LogP contribution < -0.4 is 4.74 Å². The predicted molar refractivity (Wildman–Crippen MR) is 89.4 cm³/mol. The van der Waals surface area contributed by atoms with Crippen molar-refractivity contribution in [3.05, 3.63) is 47.8 Å². The van der Waals surface area contributed by atoms with Crippen LogP contribution in [0, 0.1) is 6.92 Å². The minimum Gasteiger partial charge on any atom is -0.491 e. The molecule has 1 aromatic heterocycles. The zero-order valence-electron chi connectivity index (χ0n) is 13.9. The first-order chi connectivity index (χ1) is 11.1. The van der Waals surface area contributed by atoms with E-state index in [2.05, 4.69) is 23.1 Å². The largest absolute Gasteiger partial charge is 0.491 e. The zero-order chi connectivity index (χ0) is 16.3. The number of aryl methyl sites for hydroxylation is 2. The van der Waals surface area contributed by atoms with Gasteiger partial charge in [-0.05, 0) is 32.4 Å². The van der Waals surface area contributed by atoms with Gasteiger partial charge in [0.2, 0.25) is 0 Å². The summed E-state index contributed by atoms with van der Waals surface area (Å²) in [7, 11) is 0. The van der Waals surface area contributed by atoms with Crippen molar-refractivity contribution in [3.63, 3.8) is 0 Å². The number of likely N-dealkylation sites (tertiary alicyclic amines) is 1. The number of benzene rings is 1. The van der Waals surface area contributed by atoms with Gasteiger partial charge in [0.15, 0.2) is 0 Å². The van der Waals surface area contributed by atoms with Crippen molar-refractivity contribution in [1.29, 1.82) is 0 Å². The van der Waals surface area contributed by atoms with Gasteiger partial charge in [-0.2, -0.15) is 5.10 Å². The van der Waals surface area contributed by atoms with Gasteiger partial charge in [0.1, 0.15) is 18.0 Å². The summed E-state index contributed by atoms with van der Waals surface area (Å²) in [6.45, 7) is 7.68. The minimum atomic E-state index is -0.772. The lowest BCUT2D eigenvalue weighted by Crippen LogP contribution is -2.39. The van der Waals surface area contributed by atoms with E-state index in [9.17, 15) is 5.11 Å². The Labute approximate surface area is 137 Å². The third kappa shape index (κ3) is 4.12. The highest BCUT2D eigenvalue weighted by Gasteiger charge is 2.36. The van der Waals surface area contributed by atoms with Crippen LogP contribution in [-0.2, 0) is 13.1 Å². The fourth-order valence-electron chi connectivity index (χ4n) is 2.96. The molecule has 1 atom stereocenters. The fourth-order valence-corrected chi connectivity index (χ4v) is 2.96. The summed E-state index contributed by atoms with van der Waals surface area (Å²) in [4.78, 5) is 2.26. The molecule has 3 rings (SSSR count). The van der Waals surface area contributed by atoms with Crippen molar-refractivity contribution >= 4 is 0 Å². The molecule has 1 fully saturated rings. The molecule has 5 nitrogen and oxygen atoms in total. The third-order valence-electron chi connectivity index (χ3n) is 4.36. The Kier molecular flexibility index (Phi) is 4.68. The number of ether oxygens (including phenoxy) is 1.